The largest absolute Gasteiger partial charge is 0.339 e. The Labute approximate surface area is 167 Å². The summed E-state index contributed by atoms with van der Waals surface area (Å²) in [6.45, 7) is 8.10. The van der Waals surface area contributed by atoms with Crippen LogP contribution in [0.15, 0.2) is 18.2 Å². The Hall–Kier alpha value is -2.37. The highest BCUT2D eigenvalue weighted by molar-refractivity contribution is 5.93. The fraction of sp³-hybridized carbons (Fsp3) is 0.591. The predicted molar refractivity (Wildman–Crippen MR) is 109 cm³/mol. The van der Waals surface area contributed by atoms with Crippen molar-refractivity contribution in [2.75, 3.05) is 31.5 Å². The van der Waals surface area contributed by atoms with Gasteiger partial charge in [-0.05, 0) is 56.7 Å². The number of nitrogens with zero attached hydrogens (tertiary/aromatic N) is 2. The van der Waals surface area contributed by atoms with Crippen LogP contribution in [0.5, 0.6) is 0 Å². The van der Waals surface area contributed by atoms with Crippen LogP contribution in [-0.2, 0) is 14.4 Å². The van der Waals surface area contributed by atoms with Gasteiger partial charge in [0.25, 0.3) is 0 Å². The zero-order chi connectivity index (χ0) is 20.3. The molecule has 0 atom stereocenters. The number of aryl methyl sites for hydroxylation is 1. The Morgan fingerprint density at radius 1 is 0.893 bits per heavy atom. The fourth-order valence-corrected chi connectivity index (χ4v) is 4.22. The van der Waals surface area contributed by atoms with E-state index in [1.165, 1.54) is 0 Å². The number of benzene rings is 1. The van der Waals surface area contributed by atoms with E-state index in [4.69, 9.17) is 0 Å². The Balaban J connectivity index is 1.49. The van der Waals surface area contributed by atoms with Crippen LogP contribution in [0.3, 0.4) is 0 Å². The molecule has 1 N–H and O–H groups in total. The van der Waals surface area contributed by atoms with Gasteiger partial charge < -0.3 is 15.1 Å². The Morgan fingerprint density at radius 2 is 1.46 bits per heavy atom. The molecule has 0 radical (unpaired) electrons. The van der Waals surface area contributed by atoms with E-state index in [-0.39, 0.29) is 29.6 Å². The second-order valence-electron chi connectivity index (χ2n) is 8.12. The van der Waals surface area contributed by atoms with Crippen molar-refractivity contribution in [3.63, 3.8) is 0 Å². The van der Waals surface area contributed by atoms with Gasteiger partial charge in [-0.2, -0.15) is 0 Å². The molecule has 1 heterocycles. The first-order valence-electron chi connectivity index (χ1n) is 10.3. The number of hydrogen-bond acceptors (Lipinski definition) is 3. The van der Waals surface area contributed by atoms with Crippen LogP contribution in [0.25, 0.3) is 0 Å². The summed E-state index contributed by atoms with van der Waals surface area (Å²) in [5.74, 6) is 0.306. The molecule has 1 aliphatic carbocycles. The molecule has 1 aliphatic heterocycles. The summed E-state index contributed by atoms with van der Waals surface area (Å²) < 4.78 is 0. The van der Waals surface area contributed by atoms with Gasteiger partial charge in [-0.1, -0.05) is 12.1 Å². The number of carbonyl (C=O) groups is 3. The SMILES string of the molecule is CC(=O)N1CCN(C(=O)C2CCC(C(=O)Nc3cccc(C)c3C)CC2)CC1. The first-order valence-corrected chi connectivity index (χ1v) is 10.3. The molecule has 2 fully saturated rings. The van der Waals surface area contributed by atoms with Crippen LogP contribution >= 0.6 is 0 Å². The molecule has 3 rings (SSSR count). The lowest BCUT2D eigenvalue weighted by molar-refractivity contribution is -0.142. The molecule has 1 aromatic carbocycles. The van der Waals surface area contributed by atoms with Crippen LogP contribution in [0.2, 0.25) is 0 Å². The first-order chi connectivity index (χ1) is 13.4. The lowest BCUT2D eigenvalue weighted by Crippen LogP contribution is -2.51. The van der Waals surface area contributed by atoms with Crippen molar-refractivity contribution in [1.82, 2.24) is 9.80 Å². The van der Waals surface area contributed by atoms with E-state index < -0.39 is 0 Å². The van der Waals surface area contributed by atoms with Crippen LogP contribution in [0.4, 0.5) is 5.69 Å². The second kappa shape index (κ2) is 8.76. The zero-order valence-corrected chi connectivity index (χ0v) is 17.2. The van der Waals surface area contributed by atoms with Gasteiger partial charge in [0.1, 0.15) is 0 Å². The van der Waals surface area contributed by atoms with E-state index >= 15 is 0 Å². The maximum absolute atomic E-state index is 12.8. The number of piperazine rings is 1. The van der Waals surface area contributed by atoms with Gasteiger partial charge in [-0.15, -0.1) is 0 Å². The van der Waals surface area contributed by atoms with Crippen molar-refractivity contribution < 1.29 is 14.4 Å². The van der Waals surface area contributed by atoms with Crippen molar-refractivity contribution in [3.05, 3.63) is 29.3 Å². The lowest BCUT2D eigenvalue weighted by atomic mass is 9.80. The zero-order valence-electron chi connectivity index (χ0n) is 17.2. The molecule has 0 spiro atoms. The highest BCUT2D eigenvalue weighted by Crippen LogP contribution is 2.31. The summed E-state index contributed by atoms with van der Waals surface area (Å²) in [4.78, 5) is 40.6. The monoisotopic (exact) mass is 385 g/mol. The maximum Gasteiger partial charge on any atom is 0.227 e. The third-order valence-electron chi connectivity index (χ3n) is 6.35. The standard InChI is InChI=1S/C22H31N3O3/c1-15-5-4-6-20(16(15)2)23-21(27)18-7-9-19(10-8-18)22(28)25-13-11-24(12-14-25)17(3)26/h4-6,18-19H,7-14H2,1-3H3,(H,23,27). The van der Waals surface area contributed by atoms with Gasteiger partial charge in [-0.3, -0.25) is 14.4 Å². The van der Waals surface area contributed by atoms with Gasteiger partial charge in [-0.25, -0.2) is 0 Å². The number of rotatable bonds is 3. The quantitative estimate of drug-likeness (QED) is 0.870. The summed E-state index contributed by atoms with van der Waals surface area (Å²) in [6.07, 6.45) is 3.02. The van der Waals surface area contributed by atoms with Gasteiger partial charge in [0.2, 0.25) is 17.7 Å². The number of hydrogen-bond donors (Lipinski definition) is 1. The number of nitrogens with one attached hydrogen (secondary N) is 1. The summed E-state index contributed by atoms with van der Waals surface area (Å²) >= 11 is 0. The molecule has 0 aromatic heterocycles. The molecule has 152 valence electrons. The van der Waals surface area contributed by atoms with E-state index in [1.807, 2.05) is 36.9 Å². The fourth-order valence-electron chi connectivity index (χ4n) is 4.22. The average Bonchev–Trinajstić information content (AvgIpc) is 2.71. The molecule has 2 aliphatic rings. The Bertz CT molecular complexity index is 745. The molecule has 6 heteroatoms. The minimum Gasteiger partial charge on any atom is -0.339 e. The molecule has 0 bridgehead atoms. The molecule has 0 unspecified atom stereocenters. The summed E-state index contributed by atoms with van der Waals surface area (Å²) in [7, 11) is 0. The van der Waals surface area contributed by atoms with Gasteiger partial charge >= 0.3 is 0 Å². The van der Waals surface area contributed by atoms with Gasteiger partial charge in [0.15, 0.2) is 0 Å². The lowest BCUT2D eigenvalue weighted by Gasteiger charge is -2.37. The molecule has 3 amide bonds. The van der Waals surface area contributed by atoms with E-state index in [9.17, 15) is 14.4 Å². The third kappa shape index (κ3) is 4.54. The third-order valence-corrected chi connectivity index (χ3v) is 6.35. The maximum atomic E-state index is 12.8. The van der Waals surface area contributed by atoms with E-state index in [0.29, 0.717) is 26.2 Å². The number of carbonyl (C=O) groups excluding carboxylic acids is 3. The molecule has 1 saturated carbocycles. The minimum atomic E-state index is -0.0291. The molecule has 1 saturated heterocycles. The van der Waals surface area contributed by atoms with E-state index in [0.717, 1.165) is 42.5 Å². The topological polar surface area (TPSA) is 69.7 Å². The van der Waals surface area contributed by atoms with Crippen molar-refractivity contribution in [3.8, 4) is 0 Å². The molecule has 6 nitrogen and oxygen atoms in total. The van der Waals surface area contributed by atoms with Crippen LogP contribution < -0.4 is 5.32 Å². The predicted octanol–water partition coefficient (Wildman–Crippen LogP) is 2.74. The molecule has 28 heavy (non-hydrogen) atoms. The normalized spacial score (nSPS) is 22.7. The second-order valence-corrected chi connectivity index (χ2v) is 8.12. The van der Waals surface area contributed by atoms with Gasteiger partial charge in [0.05, 0.1) is 0 Å². The highest BCUT2D eigenvalue weighted by Gasteiger charge is 2.33. The van der Waals surface area contributed by atoms with Crippen molar-refractivity contribution in [2.45, 2.75) is 46.5 Å². The summed E-state index contributed by atoms with van der Waals surface area (Å²) in [5.41, 5.74) is 3.15. The molecular formula is C22H31N3O3. The van der Waals surface area contributed by atoms with Crippen molar-refractivity contribution in [1.29, 1.82) is 0 Å². The number of amides is 3. The molecule has 1 aromatic rings. The van der Waals surface area contributed by atoms with Gasteiger partial charge in [0, 0.05) is 50.6 Å². The average molecular weight is 386 g/mol. The molecular weight excluding hydrogens is 354 g/mol. The van der Waals surface area contributed by atoms with Crippen LogP contribution in [-0.4, -0.2) is 53.7 Å². The van der Waals surface area contributed by atoms with Crippen LogP contribution in [0.1, 0.15) is 43.7 Å². The van der Waals surface area contributed by atoms with Crippen molar-refractivity contribution in [2.24, 2.45) is 11.8 Å². The summed E-state index contributed by atoms with van der Waals surface area (Å²) in [5, 5.41) is 3.07. The van der Waals surface area contributed by atoms with E-state index in [1.54, 1.807) is 11.8 Å². The highest BCUT2D eigenvalue weighted by atomic mass is 16.2. The minimum absolute atomic E-state index is 0.00799. The Kier molecular flexibility index (Phi) is 6.37. The first kappa shape index (κ1) is 20.4. The smallest absolute Gasteiger partial charge is 0.227 e. The Morgan fingerprint density at radius 3 is 2.07 bits per heavy atom. The van der Waals surface area contributed by atoms with E-state index in [2.05, 4.69) is 5.32 Å². The summed E-state index contributed by atoms with van der Waals surface area (Å²) in [6, 6.07) is 5.94. The van der Waals surface area contributed by atoms with Crippen LogP contribution in [0, 0.1) is 25.7 Å². The number of anilines is 1. The van der Waals surface area contributed by atoms with Crippen molar-refractivity contribution >= 4 is 23.4 Å².